The van der Waals surface area contributed by atoms with Gasteiger partial charge < -0.3 is 10.6 Å². The van der Waals surface area contributed by atoms with Gasteiger partial charge >= 0.3 is 0 Å². The van der Waals surface area contributed by atoms with E-state index in [4.69, 9.17) is 0 Å². The Hall–Kier alpha value is -2.73. The molecule has 1 aromatic carbocycles. The first-order chi connectivity index (χ1) is 14.6. The van der Waals surface area contributed by atoms with Gasteiger partial charge in [-0.3, -0.25) is 19.5 Å². The fourth-order valence-corrected chi connectivity index (χ4v) is 3.76. The third kappa shape index (κ3) is 6.13. The lowest BCUT2D eigenvalue weighted by molar-refractivity contribution is -0.125. The summed E-state index contributed by atoms with van der Waals surface area (Å²) in [5.41, 5.74) is 1.64. The number of hydrogen-bond donors (Lipinski definition) is 2. The maximum absolute atomic E-state index is 13.0. The first-order valence-electron chi connectivity index (χ1n) is 10.9. The summed E-state index contributed by atoms with van der Waals surface area (Å²) in [5, 5.41) is 6.12. The minimum absolute atomic E-state index is 0.0573. The molecule has 1 aromatic heterocycles. The largest absolute Gasteiger partial charge is 0.351 e. The van der Waals surface area contributed by atoms with Gasteiger partial charge in [-0.25, -0.2) is 0 Å². The van der Waals surface area contributed by atoms with E-state index in [-0.39, 0.29) is 23.8 Å². The summed E-state index contributed by atoms with van der Waals surface area (Å²) in [6, 6.07) is 14.6. The average molecular weight is 409 g/mol. The maximum Gasteiger partial charge on any atom is 0.251 e. The molecule has 2 unspecified atom stereocenters. The third-order valence-electron chi connectivity index (χ3n) is 5.86. The van der Waals surface area contributed by atoms with Gasteiger partial charge in [0.1, 0.15) is 6.04 Å². The molecule has 6 heteroatoms. The molecule has 0 bridgehead atoms. The van der Waals surface area contributed by atoms with E-state index in [0.717, 1.165) is 44.6 Å². The van der Waals surface area contributed by atoms with Crippen LogP contribution >= 0.6 is 0 Å². The molecule has 1 saturated heterocycles. The number of nitrogens with one attached hydrogen (secondary N) is 2. The Morgan fingerprint density at radius 2 is 1.80 bits per heavy atom. The third-order valence-corrected chi connectivity index (χ3v) is 5.86. The van der Waals surface area contributed by atoms with Crippen LogP contribution in [0.4, 0.5) is 0 Å². The van der Waals surface area contributed by atoms with Crippen LogP contribution in [0.5, 0.6) is 0 Å². The minimum atomic E-state index is -0.533. The van der Waals surface area contributed by atoms with Gasteiger partial charge in [-0.2, -0.15) is 0 Å². The molecule has 2 aromatic rings. The molecule has 160 valence electrons. The fraction of sp³-hybridized carbons (Fsp3) is 0.458. The molecule has 1 aliphatic rings. The smallest absolute Gasteiger partial charge is 0.251 e. The van der Waals surface area contributed by atoms with Gasteiger partial charge in [0.15, 0.2) is 0 Å². The van der Waals surface area contributed by atoms with Gasteiger partial charge in [-0.1, -0.05) is 44.5 Å². The fourth-order valence-electron chi connectivity index (χ4n) is 3.76. The van der Waals surface area contributed by atoms with E-state index in [1.54, 1.807) is 12.1 Å². The zero-order valence-electron chi connectivity index (χ0n) is 17.9. The second-order valence-electron chi connectivity index (χ2n) is 8.08. The molecule has 6 nitrogen and oxygen atoms in total. The second-order valence-corrected chi connectivity index (χ2v) is 8.08. The number of hydrogen-bond acceptors (Lipinski definition) is 4. The van der Waals surface area contributed by atoms with Crippen LogP contribution in [0.25, 0.3) is 0 Å². The Morgan fingerprint density at radius 1 is 1.10 bits per heavy atom. The van der Waals surface area contributed by atoms with Crippen molar-refractivity contribution >= 4 is 11.8 Å². The molecule has 1 fully saturated rings. The zero-order chi connectivity index (χ0) is 21.3. The summed E-state index contributed by atoms with van der Waals surface area (Å²) < 4.78 is 0. The summed E-state index contributed by atoms with van der Waals surface area (Å²) in [4.78, 5) is 32.3. The van der Waals surface area contributed by atoms with Crippen molar-refractivity contribution in [2.24, 2.45) is 5.92 Å². The van der Waals surface area contributed by atoms with Crippen molar-refractivity contribution in [3.63, 3.8) is 0 Å². The minimum Gasteiger partial charge on any atom is -0.351 e. The Bertz CT molecular complexity index is 804. The van der Waals surface area contributed by atoms with Crippen LogP contribution in [-0.2, 0) is 11.3 Å². The van der Waals surface area contributed by atoms with E-state index in [9.17, 15) is 9.59 Å². The lowest BCUT2D eigenvalue weighted by Crippen LogP contribution is -2.54. The van der Waals surface area contributed by atoms with E-state index in [2.05, 4.69) is 20.5 Å². The molecule has 0 saturated carbocycles. The van der Waals surface area contributed by atoms with Gasteiger partial charge in [0.05, 0.1) is 5.69 Å². The van der Waals surface area contributed by atoms with Crippen molar-refractivity contribution in [1.29, 1.82) is 0 Å². The first kappa shape index (κ1) is 22.0. The molecule has 2 N–H and O–H groups in total. The average Bonchev–Trinajstić information content (AvgIpc) is 2.79. The molecule has 3 rings (SSSR count). The Labute approximate surface area is 179 Å². The number of rotatable bonds is 8. The van der Waals surface area contributed by atoms with Crippen LogP contribution in [0.1, 0.15) is 49.2 Å². The highest BCUT2D eigenvalue weighted by atomic mass is 16.2. The van der Waals surface area contributed by atoms with Crippen molar-refractivity contribution < 1.29 is 9.59 Å². The highest BCUT2D eigenvalue weighted by Gasteiger charge is 2.29. The first-order valence-corrected chi connectivity index (χ1v) is 10.9. The monoisotopic (exact) mass is 408 g/mol. The lowest BCUT2D eigenvalue weighted by atomic mass is 9.96. The van der Waals surface area contributed by atoms with Crippen molar-refractivity contribution in [1.82, 2.24) is 20.5 Å². The van der Waals surface area contributed by atoms with Gasteiger partial charge in [-0.05, 0) is 43.0 Å². The Morgan fingerprint density at radius 3 is 2.43 bits per heavy atom. The van der Waals surface area contributed by atoms with E-state index >= 15 is 0 Å². The Kier molecular flexibility index (Phi) is 7.97. The number of pyridine rings is 1. The Balaban J connectivity index is 1.52. The normalized spacial score (nSPS) is 17.1. The number of aromatic nitrogens is 1. The van der Waals surface area contributed by atoms with Gasteiger partial charge in [0.2, 0.25) is 5.91 Å². The summed E-state index contributed by atoms with van der Waals surface area (Å²) in [6.45, 7) is 6.72. The summed E-state index contributed by atoms with van der Waals surface area (Å²) >= 11 is 0. The number of amides is 2. The van der Waals surface area contributed by atoms with Gasteiger partial charge in [0.25, 0.3) is 5.91 Å². The van der Waals surface area contributed by atoms with Crippen molar-refractivity contribution in [2.45, 2.75) is 51.7 Å². The number of carbonyl (C=O) groups is 2. The number of likely N-dealkylation sites (tertiary alicyclic amines) is 1. The quantitative estimate of drug-likeness (QED) is 0.704. The SMILES string of the molecule is CCC(C)C(NC(=O)c1ccccc1)C(=O)NC1CCN(Cc2ccccn2)CC1. The summed E-state index contributed by atoms with van der Waals surface area (Å²) in [5.74, 6) is -0.236. The number of carbonyl (C=O) groups excluding carboxylic acids is 2. The topological polar surface area (TPSA) is 74.3 Å². The molecular weight excluding hydrogens is 376 g/mol. The van der Waals surface area contributed by atoms with Gasteiger partial charge in [0, 0.05) is 37.4 Å². The molecule has 2 heterocycles. The van der Waals surface area contributed by atoms with Crippen molar-refractivity contribution in [3.8, 4) is 0 Å². The zero-order valence-corrected chi connectivity index (χ0v) is 17.9. The van der Waals surface area contributed by atoms with Crippen LogP contribution < -0.4 is 10.6 Å². The van der Waals surface area contributed by atoms with E-state index in [1.165, 1.54) is 0 Å². The molecule has 0 aliphatic carbocycles. The van der Waals surface area contributed by atoms with Crippen LogP contribution in [0.2, 0.25) is 0 Å². The highest BCUT2D eigenvalue weighted by molar-refractivity contribution is 5.97. The molecule has 1 aliphatic heterocycles. The van der Waals surface area contributed by atoms with Gasteiger partial charge in [-0.15, -0.1) is 0 Å². The molecule has 0 radical (unpaired) electrons. The standard InChI is InChI=1S/C24H32N4O2/c1-3-18(2)22(27-23(29)19-9-5-4-6-10-19)24(30)26-20-12-15-28(16-13-20)17-21-11-7-8-14-25-21/h4-11,14,18,20,22H,3,12-13,15-17H2,1-2H3,(H,26,30)(H,27,29). The van der Waals surface area contributed by atoms with Crippen molar-refractivity contribution in [3.05, 3.63) is 66.0 Å². The number of nitrogens with zero attached hydrogens (tertiary/aromatic N) is 2. The maximum atomic E-state index is 13.0. The summed E-state index contributed by atoms with van der Waals surface area (Å²) in [6.07, 6.45) is 4.44. The number of piperidine rings is 1. The molecule has 2 atom stereocenters. The van der Waals surface area contributed by atoms with Crippen LogP contribution in [0, 0.1) is 5.92 Å². The molecule has 0 spiro atoms. The molecular formula is C24H32N4O2. The lowest BCUT2D eigenvalue weighted by Gasteiger charge is -2.33. The highest BCUT2D eigenvalue weighted by Crippen LogP contribution is 2.15. The predicted octanol–water partition coefficient (Wildman–Crippen LogP) is 3.01. The molecule has 2 amide bonds. The van der Waals surface area contributed by atoms with Crippen LogP contribution in [0.3, 0.4) is 0 Å². The van der Waals surface area contributed by atoms with Crippen LogP contribution in [0.15, 0.2) is 54.7 Å². The number of benzene rings is 1. The summed E-state index contributed by atoms with van der Waals surface area (Å²) in [7, 11) is 0. The van der Waals surface area contributed by atoms with E-state index < -0.39 is 6.04 Å². The van der Waals surface area contributed by atoms with E-state index in [0.29, 0.717) is 5.56 Å². The second kappa shape index (κ2) is 10.9. The predicted molar refractivity (Wildman–Crippen MR) is 118 cm³/mol. The molecule has 30 heavy (non-hydrogen) atoms. The van der Waals surface area contributed by atoms with E-state index in [1.807, 2.05) is 56.4 Å². The van der Waals surface area contributed by atoms with Crippen molar-refractivity contribution in [2.75, 3.05) is 13.1 Å². The van der Waals surface area contributed by atoms with Crippen LogP contribution in [-0.4, -0.2) is 46.9 Å².